The number of methoxy groups -OCH3 is 1. The minimum atomic E-state index is -0.239. The molecule has 0 aliphatic carbocycles. The molecule has 0 aliphatic heterocycles. The molecule has 0 saturated carbocycles. The molecular weight excluding hydrogens is 318 g/mol. The second-order valence-corrected chi connectivity index (χ2v) is 5.84. The van der Waals surface area contributed by atoms with Crippen LogP contribution in [0.15, 0.2) is 29.1 Å². The van der Waals surface area contributed by atoms with Crippen LogP contribution in [0.1, 0.15) is 36.5 Å². The fourth-order valence-electron chi connectivity index (χ4n) is 2.74. The number of rotatable bonds is 7. The molecule has 6 nitrogen and oxygen atoms in total. The number of hydrogen-bond donors (Lipinski definition) is 1. The second-order valence-electron chi connectivity index (χ2n) is 5.84. The average Bonchev–Trinajstić information content (AvgIpc) is 2.60. The smallest absolute Gasteiger partial charge is 0.254 e. The molecule has 6 heteroatoms. The number of nitrogens with zero attached hydrogens (tertiary/aromatic N) is 2. The van der Waals surface area contributed by atoms with Gasteiger partial charge in [-0.25, -0.2) is 4.98 Å². The molecule has 0 radical (unpaired) electrons. The van der Waals surface area contributed by atoms with Crippen LogP contribution in [0.5, 0.6) is 5.75 Å². The molecule has 0 unspecified atom stereocenters. The molecule has 0 aliphatic rings. The van der Waals surface area contributed by atoms with Crippen molar-refractivity contribution in [1.29, 1.82) is 0 Å². The monoisotopic (exact) mass is 343 g/mol. The van der Waals surface area contributed by atoms with Crippen molar-refractivity contribution in [2.24, 2.45) is 0 Å². The maximum Gasteiger partial charge on any atom is 0.254 e. The first-order valence-corrected chi connectivity index (χ1v) is 8.47. The summed E-state index contributed by atoms with van der Waals surface area (Å²) in [6.45, 7) is 6.89. The van der Waals surface area contributed by atoms with E-state index in [0.717, 1.165) is 11.3 Å². The minimum absolute atomic E-state index is 0.0525. The molecule has 0 spiro atoms. The molecule has 2 rings (SSSR count). The molecule has 0 bridgehead atoms. The number of ether oxygens (including phenoxy) is 1. The zero-order valence-electron chi connectivity index (χ0n) is 15.3. The van der Waals surface area contributed by atoms with Gasteiger partial charge >= 0.3 is 0 Å². The Hall–Kier alpha value is -2.63. The van der Waals surface area contributed by atoms with Crippen molar-refractivity contribution < 1.29 is 9.53 Å². The number of aryl methyl sites for hydroxylation is 1. The van der Waals surface area contributed by atoms with E-state index in [1.54, 1.807) is 18.9 Å². The van der Waals surface area contributed by atoms with E-state index in [4.69, 9.17) is 4.74 Å². The SMILES string of the molecule is CCN(CC)C(=O)Cc1c(C)nc(Cc2ccc(OC)cc2)[nH]c1=O. The van der Waals surface area contributed by atoms with Crippen LogP contribution in [-0.4, -0.2) is 41.0 Å². The maximum absolute atomic E-state index is 12.4. The maximum atomic E-state index is 12.4. The molecule has 1 aromatic heterocycles. The van der Waals surface area contributed by atoms with Crippen LogP contribution in [0.3, 0.4) is 0 Å². The molecular formula is C19H25N3O3. The highest BCUT2D eigenvalue weighted by Gasteiger charge is 2.16. The molecule has 2 aromatic rings. The Balaban J connectivity index is 2.18. The van der Waals surface area contributed by atoms with Crippen molar-refractivity contribution in [2.45, 2.75) is 33.6 Å². The van der Waals surface area contributed by atoms with E-state index in [-0.39, 0.29) is 17.9 Å². The lowest BCUT2D eigenvalue weighted by molar-refractivity contribution is -0.130. The molecule has 0 saturated heterocycles. The quantitative estimate of drug-likeness (QED) is 0.835. The van der Waals surface area contributed by atoms with Crippen molar-refractivity contribution >= 4 is 5.91 Å². The Morgan fingerprint density at radius 2 is 1.84 bits per heavy atom. The molecule has 1 heterocycles. The summed E-state index contributed by atoms with van der Waals surface area (Å²) in [4.78, 5) is 33.6. The van der Waals surface area contributed by atoms with E-state index in [2.05, 4.69) is 9.97 Å². The molecule has 0 fully saturated rings. The van der Waals surface area contributed by atoms with Gasteiger partial charge in [-0.3, -0.25) is 9.59 Å². The molecule has 1 amide bonds. The highest BCUT2D eigenvalue weighted by molar-refractivity contribution is 5.78. The summed E-state index contributed by atoms with van der Waals surface area (Å²) >= 11 is 0. The number of likely N-dealkylation sites (N-methyl/N-ethyl adjacent to an activating group) is 1. The first kappa shape index (κ1) is 18.7. The fraction of sp³-hybridized carbons (Fsp3) is 0.421. The third-order valence-electron chi connectivity index (χ3n) is 4.25. The number of carbonyl (C=O) groups is 1. The third-order valence-corrected chi connectivity index (χ3v) is 4.25. The van der Waals surface area contributed by atoms with Crippen LogP contribution in [0.2, 0.25) is 0 Å². The van der Waals surface area contributed by atoms with E-state index in [9.17, 15) is 9.59 Å². The first-order chi connectivity index (χ1) is 12.0. The summed E-state index contributed by atoms with van der Waals surface area (Å²) in [5, 5.41) is 0. The van der Waals surface area contributed by atoms with Crippen molar-refractivity contribution in [3.8, 4) is 5.75 Å². The molecule has 25 heavy (non-hydrogen) atoms. The number of amides is 1. The molecule has 1 N–H and O–H groups in total. The number of aromatic amines is 1. The Morgan fingerprint density at radius 3 is 2.36 bits per heavy atom. The summed E-state index contributed by atoms with van der Waals surface area (Å²) in [6, 6.07) is 7.62. The van der Waals surface area contributed by atoms with E-state index < -0.39 is 0 Å². The number of hydrogen-bond acceptors (Lipinski definition) is 4. The van der Waals surface area contributed by atoms with Crippen LogP contribution in [0, 0.1) is 6.92 Å². The Morgan fingerprint density at radius 1 is 1.20 bits per heavy atom. The van der Waals surface area contributed by atoms with E-state index >= 15 is 0 Å². The highest BCUT2D eigenvalue weighted by Crippen LogP contribution is 2.13. The number of nitrogens with one attached hydrogen (secondary N) is 1. The van der Waals surface area contributed by atoms with Crippen molar-refractivity contribution in [3.05, 3.63) is 57.3 Å². The highest BCUT2D eigenvalue weighted by atomic mass is 16.5. The lowest BCUT2D eigenvalue weighted by Gasteiger charge is -2.18. The Labute approximate surface area is 147 Å². The van der Waals surface area contributed by atoms with E-state index in [1.807, 2.05) is 38.1 Å². The van der Waals surface area contributed by atoms with E-state index in [1.165, 1.54) is 0 Å². The lowest BCUT2D eigenvalue weighted by atomic mass is 10.1. The van der Waals surface area contributed by atoms with Crippen molar-refractivity contribution in [3.63, 3.8) is 0 Å². The Kier molecular flexibility index (Phi) is 6.33. The summed E-state index contributed by atoms with van der Waals surface area (Å²) in [7, 11) is 1.62. The Bertz CT molecular complexity index is 777. The number of carbonyl (C=O) groups excluding carboxylic acids is 1. The van der Waals surface area contributed by atoms with Crippen molar-refractivity contribution in [1.82, 2.24) is 14.9 Å². The number of benzene rings is 1. The standard InChI is InChI=1S/C19H25N3O3/c1-5-22(6-2)18(23)12-16-13(3)20-17(21-19(16)24)11-14-7-9-15(25-4)10-8-14/h7-10H,5-6,11-12H2,1-4H3,(H,20,21,24). The summed E-state index contributed by atoms with van der Waals surface area (Å²) < 4.78 is 5.14. The largest absolute Gasteiger partial charge is 0.497 e. The molecule has 1 aromatic carbocycles. The normalized spacial score (nSPS) is 10.6. The van der Waals surface area contributed by atoms with Gasteiger partial charge in [-0.2, -0.15) is 0 Å². The topological polar surface area (TPSA) is 75.3 Å². The van der Waals surface area contributed by atoms with Crippen LogP contribution in [0.25, 0.3) is 0 Å². The van der Waals surface area contributed by atoms with Gasteiger partial charge in [0.2, 0.25) is 5.91 Å². The van der Waals surface area contributed by atoms with Crippen molar-refractivity contribution in [2.75, 3.05) is 20.2 Å². The summed E-state index contributed by atoms with van der Waals surface area (Å²) in [5.74, 6) is 1.32. The van der Waals surface area contributed by atoms with Gasteiger partial charge in [0, 0.05) is 30.8 Å². The summed E-state index contributed by atoms with van der Waals surface area (Å²) in [6.07, 6.45) is 0.600. The molecule has 0 atom stereocenters. The predicted molar refractivity (Wildman–Crippen MR) is 97.0 cm³/mol. The fourth-order valence-corrected chi connectivity index (χ4v) is 2.74. The summed E-state index contributed by atoms with van der Waals surface area (Å²) in [5.41, 5.74) is 1.83. The van der Waals surface area contributed by atoms with Gasteiger partial charge < -0.3 is 14.6 Å². The van der Waals surface area contributed by atoms with Gasteiger partial charge in [-0.1, -0.05) is 12.1 Å². The van der Waals surface area contributed by atoms with Crippen LogP contribution in [0.4, 0.5) is 0 Å². The predicted octanol–water partition coefficient (Wildman–Crippen LogP) is 2.09. The van der Waals surface area contributed by atoms with Crippen LogP contribution >= 0.6 is 0 Å². The zero-order valence-corrected chi connectivity index (χ0v) is 15.3. The van der Waals surface area contributed by atoms with Gasteiger partial charge in [0.25, 0.3) is 5.56 Å². The van der Waals surface area contributed by atoms with Crippen LogP contribution in [-0.2, 0) is 17.6 Å². The van der Waals surface area contributed by atoms with Gasteiger partial charge in [0.1, 0.15) is 11.6 Å². The van der Waals surface area contributed by atoms with Gasteiger partial charge in [0.15, 0.2) is 0 Å². The van der Waals surface area contributed by atoms with Crippen LogP contribution < -0.4 is 10.3 Å². The average molecular weight is 343 g/mol. The lowest BCUT2D eigenvalue weighted by Crippen LogP contribution is -2.34. The van der Waals surface area contributed by atoms with Gasteiger partial charge in [0.05, 0.1) is 13.5 Å². The zero-order chi connectivity index (χ0) is 18.4. The minimum Gasteiger partial charge on any atom is -0.497 e. The van der Waals surface area contributed by atoms with Gasteiger partial charge in [-0.05, 0) is 38.5 Å². The number of H-pyrrole nitrogens is 1. The molecule has 134 valence electrons. The van der Waals surface area contributed by atoms with E-state index in [0.29, 0.717) is 36.6 Å². The third kappa shape index (κ3) is 4.68. The van der Waals surface area contributed by atoms with Gasteiger partial charge in [-0.15, -0.1) is 0 Å². The first-order valence-electron chi connectivity index (χ1n) is 8.47. The second kappa shape index (κ2) is 8.46. The number of aromatic nitrogens is 2.